The molecule has 0 spiro atoms. The highest BCUT2D eigenvalue weighted by Gasteiger charge is 2.40. The Kier molecular flexibility index (Phi) is 5.96. The Bertz CT molecular complexity index is 1390. The molecule has 1 fully saturated rings. The molecule has 1 N–H and O–H groups in total. The first-order chi connectivity index (χ1) is 17.6. The fourth-order valence-electron chi connectivity index (χ4n) is 6.39. The molecule has 4 nitrogen and oxygen atoms in total. The van der Waals surface area contributed by atoms with Gasteiger partial charge in [-0.05, 0) is 60.4 Å². The molecule has 1 aliphatic carbocycles. The zero-order chi connectivity index (χ0) is 24.6. The van der Waals surface area contributed by atoms with Crippen LogP contribution in [0.4, 0.5) is 0 Å². The van der Waals surface area contributed by atoms with Gasteiger partial charge in [0.25, 0.3) is 5.91 Å². The van der Waals surface area contributed by atoms with Crippen molar-refractivity contribution in [2.45, 2.75) is 50.9 Å². The average Bonchev–Trinajstić information content (AvgIpc) is 2.92. The van der Waals surface area contributed by atoms with Gasteiger partial charge in [0, 0.05) is 48.0 Å². The van der Waals surface area contributed by atoms with Crippen LogP contribution in [0.15, 0.2) is 95.3 Å². The van der Waals surface area contributed by atoms with E-state index >= 15 is 0 Å². The SMILES string of the molecule is CC1=C(C(=O)N2CCC(c3ccccc3)CC2)C(c2cccc3ccccc23)C2=C(CCCC2=O)N1. The minimum atomic E-state index is -0.334. The third-order valence-corrected chi connectivity index (χ3v) is 8.19. The van der Waals surface area contributed by atoms with Crippen LogP contribution in [-0.2, 0) is 9.59 Å². The Balaban J connectivity index is 1.38. The van der Waals surface area contributed by atoms with Crippen LogP contribution in [0.25, 0.3) is 10.8 Å². The first kappa shape index (κ1) is 22.8. The summed E-state index contributed by atoms with van der Waals surface area (Å²) in [6.07, 6.45) is 4.17. The molecule has 36 heavy (non-hydrogen) atoms. The second-order valence-electron chi connectivity index (χ2n) is 10.3. The van der Waals surface area contributed by atoms with Crippen LogP contribution in [0.1, 0.15) is 62.0 Å². The van der Waals surface area contributed by atoms with Gasteiger partial charge < -0.3 is 10.2 Å². The molecule has 182 valence electrons. The van der Waals surface area contributed by atoms with Crippen molar-refractivity contribution in [3.63, 3.8) is 0 Å². The van der Waals surface area contributed by atoms with Crippen LogP contribution in [0, 0.1) is 0 Å². The monoisotopic (exact) mass is 476 g/mol. The van der Waals surface area contributed by atoms with Crippen molar-refractivity contribution >= 4 is 22.5 Å². The van der Waals surface area contributed by atoms with E-state index in [4.69, 9.17) is 0 Å². The molecule has 3 aliphatic rings. The number of allylic oxidation sites excluding steroid dienone is 3. The third kappa shape index (κ3) is 3.95. The number of dihydropyridines is 1. The molecule has 1 unspecified atom stereocenters. The highest BCUT2D eigenvalue weighted by atomic mass is 16.2. The number of hydrogen-bond donors (Lipinski definition) is 1. The number of benzene rings is 3. The molecule has 0 radical (unpaired) electrons. The maximum absolute atomic E-state index is 14.2. The Morgan fingerprint density at radius 1 is 0.889 bits per heavy atom. The van der Waals surface area contributed by atoms with Gasteiger partial charge in [-0.25, -0.2) is 0 Å². The zero-order valence-electron chi connectivity index (χ0n) is 20.8. The Morgan fingerprint density at radius 2 is 1.61 bits per heavy atom. The van der Waals surface area contributed by atoms with Gasteiger partial charge in [-0.2, -0.15) is 0 Å². The average molecular weight is 477 g/mol. The molecule has 1 atom stereocenters. The zero-order valence-corrected chi connectivity index (χ0v) is 20.8. The molecule has 3 aromatic rings. The third-order valence-electron chi connectivity index (χ3n) is 8.19. The maximum atomic E-state index is 14.2. The Morgan fingerprint density at radius 3 is 2.42 bits per heavy atom. The summed E-state index contributed by atoms with van der Waals surface area (Å²) in [5.74, 6) is 0.383. The largest absolute Gasteiger partial charge is 0.362 e. The molecular formula is C32H32N2O2. The van der Waals surface area contributed by atoms with E-state index in [1.165, 1.54) is 5.56 Å². The van der Waals surface area contributed by atoms with Gasteiger partial charge >= 0.3 is 0 Å². The molecule has 0 saturated carbocycles. The predicted octanol–water partition coefficient (Wildman–Crippen LogP) is 6.21. The smallest absolute Gasteiger partial charge is 0.252 e. The van der Waals surface area contributed by atoms with Crippen molar-refractivity contribution in [3.05, 3.63) is 106 Å². The molecule has 0 aromatic heterocycles. The van der Waals surface area contributed by atoms with Crippen LogP contribution >= 0.6 is 0 Å². The van der Waals surface area contributed by atoms with Gasteiger partial charge in [0.2, 0.25) is 0 Å². The van der Waals surface area contributed by atoms with E-state index < -0.39 is 0 Å². The standard InChI is InChI=1S/C32H32N2O2/c1-21-29(32(36)34-19-17-23(18-20-34)22-9-3-2-4-10-22)30(31-27(33-21)15-8-16-28(31)35)26-14-7-12-24-11-5-6-13-25(24)26/h2-7,9-14,23,30,33H,8,15-20H2,1H3. The van der Waals surface area contributed by atoms with Gasteiger partial charge in [-0.1, -0.05) is 72.8 Å². The maximum Gasteiger partial charge on any atom is 0.252 e. The van der Waals surface area contributed by atoms with E-state index in [0.29, 0.717) is 12.3 Å². The number of ketones is 1. The predicted molar refractivity (Wildman–Crippen MR) is 143 cm³/mol. The summed E-state index contributed by atoms with van der Waals surface area (Å²) in [6, 6.07) is 25.2. The topological polar surface area (TPSA) is 49.4 Å². The highest BCUT2D eigenvalue weighted by molar-refractivity contribution is 6.06. The molecular weight excluding hydrogens is 444 g/mol. The number of fused-ring (bicyclic) bond motifs is 1. The minimum Gasteiger partial charge on any atom is -0.362 e. The lowest BCUT2D eigenvalue weighted by molar-refractivity contribution is -0.128. The Labute approximate surface area is 212 Å². The van der Waals surface area contributed by atoms with Crippen molar-refractivity contribution in [2.24, 2.45) is 0 Å². The van der Waals surface area contributed by atoms with E-state index in [9.17, 15) is 9.59 Å². The molecule has 4 heteroatoms. The van der Waals surface area contributed by atoms with E-state index in [1.807, 2.05) is 24.0 Å². The van der Waals surface area contributed by atoms with Crippen molar-refractivity contribution < 1.29 is 9.59 Å². The van der Waals surface area contributed by atoms with Crippen LogP contribution in [0.2, 0.25) is 0 Å². The van der Waals surface area contributed by atoms with Crippen molar-refractivity contribution in [1.82, 2.24) is 10.2 Å². The van der Waals surface area contributed by atoms with Gasteiger partial charge in [0.05, 0.1) is 0 Å². The first-order valence-corrected chi connectivity index (χ1v) is 13.2. The molecule has 0 bridgehead atoms. The number of carbonyl (C=O) groups is 2. The summed E-state index contributed by atoms with van der Waals surface area (Å²) >= 11 is 0. The summed E-state index contributed by atoms with van der Waals surface area (Å²) in [7, 11) is 0. The van der Waals surface area contributed by atoms with Gasteiger partial charge in [0.1, 0.15) is 0 Å². The fourth-order valence-corrected chi connectivity index (χ4v) is 6.39. The Hall–Kier alpha value is -3.66. The fraction of sp³-hybridized carbons (Fsp3) is 0.312. The number of carbonyl (C=O) groups excluding carboxylic acids is 2. The number of Topliss-reactive ketones (excluding diaryl/α,β-unsaturated/α-hetero) is 1. The lowest BCUT2D eigenvalue weighted by Crippen LogP contribution is -2.43. The number of rotatable bonds is 3. The molecule has 1 amide bonds. The molecule has 2 heterocycles. The lowest BCUT2D eigenvalue weighted by Gasteiger charge is -2.38. The summed E-state index contributed by atoms with van der Waals surface area (Å²) in [6.45, 7) is 3.47. The van der Waals surface area contributed by atoms with Crippen LogP contribution in [-0.4, -0.2) is 29.7 Å². The normalized spacial score (nSPS) is 21.0. The van der Waals surface area contributed by atoms with Gasteiger partial charge in [-0.15, -0.1) is 0 Å². The van der Waals surface area contributed by atoms with Crippen LogP contribution in [0.5, 0.6) is 0 Å². The molecule has 1 saturated heterocycles. The number of nitrogens with one attached hydrogen (secondary N) is 1. The lowest BCUT2D eigenvalue weighted by atomic mass is 9.73. The van der Waals surface area contributed by atoms with Crippen LogP contribution < -0.4 is 5.32 Å². The van der Waals surface area contributed by atoms with Crippen molar-refractivity contribution in [2.75, 3.05) is 13.1 Å². The number of nitrogens with zero attached hydrogens (tertiary/aromatic N) is 1. The van der Waals surface area contributed by atoms with E-state index in [-0.39, 0.29) is 17.6 Å². The summed E-state index contributed by atoms with van der Waals surface area (Å²) in [5.41, 5.74) is 5.83. The minimum absolute atomic E-state index is 0.0642. The highest BCUT2D eigenvalue weighted by Crippen LogP contribution is 2.45. The summed E-state index contributed by atoms with van der Waals surface area (Å²) in [4.78, 5) is 29.6. The van der Waals surface area contributed by atoms with Crippen molar-refractivity contribution in [1.29, 1.82) is 0 Å². The van der Waals surface area contributed by atoms with Gasteiger partial charge in [0.15, 0.2) is 5.78 Å². The number of likely N-dealkylation sites (tertiary alicyclic amines) is 1. The van der Waals surface area contributed by atoms with Crippen LogP contribution in [0.3, 0.4) is 0 Å². The number of hydrogen-bond acceptors (Lipinski definition) is 3. The summed E-state index contributed by atoms with van der Waals surface area (Å²) < 4.78 is 0. The van der Waals surface area contributed by atoms with E-state index in [1.54, 1.807) is 0 Å². The van der Waals surface area contributed by atoms with Crippen molar-refractivity contribution in [3.8, 4) is 0 Å². The number of amides is 1. The van der Waals surface area contributed by atoms with E-state index in [2.05, 4.69) is 66.0 Å². The van der Waals surface area contributed by atoms with E-state index in [0.717, 1.165) is 77.6 Å². The second-order valence-corrected chi connectivity index (χ2v) is 10.3. The molecule has 2 aliphatic heterocycles. The first-order valence-electron chi connectivity index (χ1n) is 13.2. The quantitative estimate of drug-likeness (QED) is 0.489. The molecule has 3 aromatic carbocycles. The number of piperidine rings is 1. The second kappa shape index (κ2) is 9.42. The molecule has 6 rings (SSSR count). The summed E-state index contributed by atoms with van der Waals surface area (Å²) in [5, 5.41) is 5.73. The van der Waals surface area contributed by atoms with Gasteiger partial charge in [-0.3, -0.25) is 9.59 Å².